The van der Waals surface area contributed by atoms with Gasteiger partial charge in [-0.05, 0) is 60.1 Å². The zero-order valence-corrected chi connectivity index (χ0v) is 15.8. The number of hydrogen-bond donors (Lipinski definition) is 0. The van der Waals surface area contributed by atoms with Gasteiger partial charge in [0.1, 0.15) is 0 Å². The highest BCUT2D eigenvalue weighted by Crippen LogP contribution is 2.22. The molecule has 0 spiro atoms. The molecule has 23 heavy (non-hydrogen) atoms. The van der Waals surface area contributed by atoms with Crippen LogP contribution in [0.2, 0.25) is 0 Å². The van der Waals surface area contributed by atoms with Crippen LogP contribution < -0.4 is 4.74 Å². The molecule has 124 valence electrons. The third-order valence-corrected chi connectivity index (χ3v) is 4.59. The Morgan fingerprint density at radius 1 is 1.48 bits per heavy atom. The molecule has 0 bridgehead atoms. The second kappa shape index (κ2) is 8.58. The summed E-state index contributed by atoms with van der Waals surface area (Å²) in [6.45, 7) is 4.42. The van der Waals surface area contributed by atoms with Crippen molar-refractivity contribution in [1.29, 1.82) is 0 Å². The maximum atomic E-state index is 13.7. The van der Waals surface area contributed by atoms with Gasteiger partial charge in [-0.25, -0.2) is 14.2 Å². The van der Waals surface area contributed by atoms with Crippen molar-refractivity contribution in [2.75, 3.05) is 13.2 Å². The lowest BCUT2D eigenvalue weighted by molar-refractivity contribution is 0.0519. The fraction of sp³-hybridized carbons (Fsp3) is 0.375. The Balaban J connectivity index is 1.94. The summed E-state index contributed by atoms with van der Waals surface area (Å²) < 4.78 is 25.1. The molecule has 0 saturated heterocycles. The molecule has 2 aromatic rings. The zero-order chi connectivity index (χ0) is 16.8. The van der Waals surface area contributed by atoms with Gasteiger partial charge in [-0.3, -0.25) is 0 Å². The summed E-state index contributed by atoms with van der Waals surface area (Å²) in [5, 5.41) is 0. The summed E-state index contributed by atoms with van der Waals surface area (Å²) in [5.41, 5.74) is 2.00. The number of hydrogen-bond acceptors (Lipinski definition) is 5. The van der Waals surface area contributed by atoms with Crippen molar-refractivity contribution in [3.8, 4) is 5.75 Å². The number of ether oxygens (including phenoxy) is 2. The second-order valence-corrected chi connectivity index (χ2v) is 7.22. The molecule has 0 N–H and O–H groups in total. The summed E-state index contributed by atoms with van der Waals surface area (Å²) in [4.78, 5) is 16.7. The molecule has 1 aromatic carbocycles. The monoisotopic (exact) mass is 449 g/mol. The summed E-state index contributed by atoms with van der Waals surface area (Å²) in [5.74, 6) is -0.413. The molecule has 0 fully saturated rings. The molecule has 0 unspecified atom stereocenters. The molecule has 4 nitrogen and oxygen atoms in total. The topological polar surface area (TPSA) is 48.4 Å². The van der Waals surface area contributed by atoms with Crippen molar-refractivity contribution < 1.29 is 18.7 Å². The molecular weight excluding hydrogens is 432 g/mol. The number of thiazole rings is 1. The van der Waals surface area contributed by atoms with Crippen LogP contribution in [0.4, 0.5) is 4.39 Å². The van der Waals surface area contributed by atoms with E-state index in [1.165, 1.54) is 17.4 Å². The SMILES string of the molecule is CCOC(=O)c1ncsc1C[C@H](C)COc1ccc(I)cc1F. The van der Waals surface area contributed by atoms with Gasteiger partial charge < -0.3 is 9.47 Å². The lowest BCUT2D eigenvalue weighted by atomic mass is 10.1. The van der Waals surface area contributed by atoms with Crippen LogP contribution in [0.5, 0.6) is 5.75 Å². The minimum atomic E-state index is -0.402. The van der Waals surface area contributed by atoms with Crippen LogP contribution in [0.15, 0.2) is 23.7 Å². The van der Waals surface area contributed by atoms with Crippen LogP contribution in [-0.4, -0.2) is 24.2 Å². The normalized spacial score (nSPS) is 12.0. The number of carbonyl (C=O) groups excluding carboxylic acids is 1. The van der Waals surface area contributed by atoms with E-state index >= 15 is 0 Å². The molecule has 0 aliphatic carbocycles. The van der Waals surface area contributed by atoms with Gasteiger partial charge >= 0.3 is 5.97 Å². The van der Waals surface area contributed by atoms with Crippen LogP contribution in [0.25, 0.3) is 0 Å². The molecular formula is C16H17FINO3S. The van der Waals surface area contributed by atoms with E-state index in [-0.39, 0.29) is 17.5 Å². The Morgan fingerprint density at radius 2 is 2.26 bits per heavy atom. The van der Waals surface area contributed by atoms with Gasteiger partial charge in [0.25, 0.3) is 0 Å². The van der Waals surface area contributed by atoms with Crippen LogP contribution in [0.3, 0.4) is 0 Å². The van der Waals surface area contributed by atoms with Gasteiger partial charge in [-0.1, -0.05) is 6.92 Å². The minimum absolute atomic E-state index is 0.113. The third kappa shape index (κ3) is 5.13. The van der Waals surface area contributed by atoms with E-state index in [2.05, 4.69) is 4.98 Å². The Kier molecular flexibility index (Phi) is 6.76. The third-order valence-electron chi connectivity index (χ3n) is 3.06. The van der Waals surface area contributed by atoms with Crippen molar-refractivity contribution in [2.45, 2.75) is 20.3 Å². The molecule has 0 radical (unpaired) electrons. The first-order chi connectivity index (χ1) is 11.0. The number of esters is 1. The number of nitrogens with zero attached hydrogens (tertiary/aromatic N) is 1. The van der Waals surface area contributed by atoms with Gasteiger partial charge in [0.15, 0.2) is 17.3 Å². The predicted octanol–water partition coefficient (Wildman–Crippen LogP) is 4.32. The highest BCUT2D eigenvalue weighted by atomic mass is 127. The number of benzene rings is 1. The lowest BCUT2D eigenvalue weighted by Crippen LogP contribution is -2.14. The van der Waals surface area contributed by atoms with Crippen LogP contribution >= 0.6 is 33.9 Å². The van der Waals surface area contributed by atoms with Crippen LogP contribution in [-0.2, 0) is 11.2 Å². The summed E-state index contributed by atoms with van der Waals surface area (Å²) in [6.07, 6.45) is 0.630. The van der Waals surface area contributed by atoms with E-state index in [0.717, 1.165) is 8.45 Å². The van der Waals surface area contributed by atoms with Gasteiger partial charge in [-0.15, -0.1) is 11.3 Å². The van der Waals surface area contributed by atoms with Gasteiger partial charge in [0, 0.05) is 8.45 Å². The van der Waals surface area contributed by atoms with Gasteiger partial charge in [-0.2, -0.15) is 0 Å². The number of aromatic nitrogens is 1. The van der Waals surface area contributed by atoms with Crippen molar-refractivity contribution in [3.05, 3.63) is 43.7 Å². The summed E-state index contributed by atoms with van der Waals surface area (Å²) in [6, 6.07) is 4.86. The van der Waals surface area contributed by atoms with E-state index in [4.69, 9.17) is 9.47 Å². The first kappa shape index (κ1) is 18.1. The number of carbonyl (C=O) groups is 1. The van der Waals surface area contributed by atoms with E-state index in [1.54, 1.807) is 24.6 Å². The fourth-order valence-electron chi connectivity index (χ4n) is 1.98. The fourth-order valence-corrected chi connectivity index (χ4v) is 3.35. The first-order valence-corrected chi connectivity index (χ1v) is 9.14. The van der Waals surface area contributed by atoms with Crippen LogP contribution in [0.1, 0.15) is 29.2 Å². The Morgan fingerprint density at radius 3 is 2.96 bits per heavy atom. The van der Waals surface area contributed by atoms with Gasteiger partial charge in [0.2, 0.25) is 0 Å². The van der Waals surface area contributed by atoms with Crippen molar-refractivity contribution in [2.24, 2.45) is 5.92 Å². The molecule has 0 saturated carbocycles. The zero-order valence-electron chi connectivity index (χ0n) is 12.8. The second-order valence-electron chi connectivity index (χ2n) is 5.04. The van der Waals surface area contributed by atoms with Gasteiger partial charge in [0.05, 0.1) is 18.7 Å². The quantitative estimate of drug-likeness (QED) is 0.467. The van der Waals surface area contributed by atoms with Crippen molar-refractivity contribution in [1.82, 2.24) is 4.98 Å². The first-order valence-electron chi connectivity index (χ1n) is 7.18. The molecule has 7 heteroatoms. The average Bonchev–Trinajstić information content (AvgIpc) is 2.94. The maximum absolute atomic E-state index is 13.7. The molecule has 1 aromatic heterocycles. The average molecular weight is 449 g/mol. The van der Waals surface area contributed by atoms with E-state index in [1.807, 2.05) is 29.5 Å². The maximum Gasteiger partial charge on any atom is 0.358 e. The largest absolute Gasteiger partial charge is 0.490 e. The molecule has 2 rings (SSSR count). The molecule has 0 aliphatic rings. The number of rotatable bonds is 7. The Labute approximate surface area is 152 Å². The van der Waals surface area contributed by atoms with E-state index < -0.39 is 5.97 Å². The Hall–Kier alpha value is -1.22. The standard InChI is InChI=1S/C16H17FINO3S/c1-3-21-16(20)15-14(23-9-19-15)6-10(2)8-22-13-5-4-11(18)7-12(13)17/h4-5,7,9-10H,3,6,8H2,1-2H3/t10-/m0/s1. The summed E-state index contributed by atoms with van der Waals surface area (Å²) in [7, 11) is 0. The summed E-state index contributed by atoms with van der Waals surface area (Å²) >= 11 is 3.47. The predicted molar refractivity (Wildman–Crippen MR) is 95.6 cm³/mol. The highest BCUT2D eigenvalue weighted by molar-refractivity contribution is 14.1. The van der Waals surface area contributed by atoms with Crippen LogP contribution in [0, 0.1) is 15.3 Å². The molecule has 0 aliphatic heterocycles. The Bertz CT molecular complexity index is 677. The number of halogens is 2. The smallest absolute Gasteiger partial charge is 0.358 e. The van der Waals surface area contributed by atoms with E-state index in [9.17, 15) is 9.18 Å². The molecule has 1 atom stereocenters. The lowest BCUT2D eigenvalue weighted by Gasteiger charge is -2.13. The van der Waals surface area contributed by atoms with E-state index in [0.29, 0.717) is 25.3 Å². The molecule has 1 heterocycles. The van der Waals surface area contributed by atoms with Crippen molar-refractivity contribution >= 4 is 39.9 Å². The minimum Gasteiger partial charge on any atom is -0.490 e. The molecule has 0 amide bonds. The van der Waals surface area contributed by atoms with Crippen molar-refractivity contribution in [3.63, 3.8) is 0 Å². The highest BCUT2D eigenvalue weighted by Gasteiger charge is 2.18.